The zero-order valence-electron chi connectivity index (χ0n) is 13.0. The Morgan fingerprint density at radius 2 is 2.04 bits per heavy atom. The molecule has 1 aromatic rings. The van der Waals surface area contributed by atoms with Gasteiger partial charge in [-0.2, -0.15) is 0 Å². The van der Waals surface area contributed by atoms with E-state index in [-0.39, 0.29) is 31.0 Å². The molecule has 0 bridgehead atoms. The SMILES string of the molecule is COC(=O)C1=C(Nc2ccc(F)c(F)c2C(=O)O)C(=O)N(CCO)C1. The Balaban J connectivity index is 2.49. The summed E-state index contributed by atoms with van der Waals surface area (Å²) in [5.41, 5.74) is -1.86. The molecule has 1 heterocycles. The van der Waals surface area contributed by atoms with Crippen LogP contribution in [0.15, 0.2) is 23.4 Å². The molecule has 0 aliphatic carbocycles. The predicted molar refractivity (Wildman–Crippen MR) is 79.6 cm³/mol. The lowest BCUT2D eigenvalue weighted by Gasteiger charge is -2.15. The third-order valence-corrected chi connectivity index (χ3v) is 3.52. The molecule has 1 aromatic carbocycles. The second-order valence-corrected chi connectivity index (χ2v) is 5.01. The number of ether oxygens (including phenoxy) is 1. The number of hydrogen-bond donors (Lipinski definition) is 3. The van der Waals surface area contributed by atoms with Crippen molar-refractivity contribution in [2.45, 2.75) is 0 Å². The summed E-state index contributed by atoms with van der Waals surface area (Å²) < 4.78 is 31.6. The number of methoxy groups -OCH3 is 1. The maximum Gasteiger partial charge on any atom is 0.340 e. The van der Waals surface area contributed by atoms with E-state index in [4.69, 9.17) is 10.2 Å². The molecule has 0 unspecified atom stereocenters. The van der Waals surface area contributed by atoms with Crippen LogP contribution in [0.3, 0.4) is 0 Å². The number of hydrogen-bond acceptors (Lipinski definition) is 6. The van der Waals surface area contributed by atoms with Crippen molar-refractivity contribution < 1.29 is 38.1 Å². The maximum atomic E-state index is 13.8. The van der Waals surface area contributed by atoms with E-state index in [0.717, 1.165) is 18.1 Å². The number of aliphatic hydroxyl groups is 1. The topological polar surface area (TPSA) is 116 Å². The van der Waals surface area contributed by atoms with Crippen molar-refractivity contribution in [2.24, 2.45) is 0 Å². The minimum atomic E-state index is -1.75. The number of aromatic carboxylic acids is 1. The third-order valence-electron chi connectivity index (χ3n) is 3.52. The lowest BCUT2D eigenvalue weighted by Crippen LogP contribution is -2.31. The molecule has 0 atom stereocenters. The summed E-state index contributed by atoms with van der Waals surface area (Å²) in [5, 5.41) is 20.4. The summed E-state index contributed by atoms with van der Waals surface area (Å²) in [7, 11) is 1.09. The van der Waals surface area contributed by atoms with E-state index in [1.807, 2.05) is 0 Å². The van der Waals surface area contributed by atoms with E-state index < -0.39 is 40.7 Å². The van der Waals surface area contributed by atoms with Gasteiger partial charge in [-0.05, 0) is 12.1 Å². The average molecular weight is 356 g/mol. The Morgan fingerprint density at radius 1 is 1.36 bits per heavy atom. The zero-order chi connectivity index (χ0) is 18.7. The van der Waals surface area contributed by atoms with Gasteiger partial charge < -0.3 is 25.2 Å². The van der Waals surface area contributed by atoms with Gasteiger partial charge in [-0.25, -0.2) is 18.4 Å². The Hall–Kier alpha value is -3.01. The van der Waals surface area contributed by atoms with E-state index in [1.54, 1.807) is 0 Å². The number of rotatable bonds is 6. The lowest BCUT2D eigenvalue weighted by atomic mass is 10.1. The molecule has 1 amide bonds. The van der Waals surface area contributed by atoms with Crippen LogP contribution < -0.4 is 5.32 Å². The van der Waals surface area contributed by atoms with Crippen molar-refractivity contribution in [2.75, 3.05) is 32.1 Å². The predicted octanol–water partition coefficient (Wildman–Crippen LogP) is 0.336. The maximum absolute atomic E-state index is 13.8. The number of carbonyl (C=O) groups excluding carboxylic acids is 2. The quantitative estimate of drug-likeness (QED) is 0.629. The van der Waals surface area contributed by atoms with Crippen LogP contribution in [0.25, 0.3) is 0 Å². The molecule has 2 rings (SSSR count). The molecule has 8 nitrogen and oxygen atoms in total. The first kappa shape index (κ1) is 18.3. The molecule has 0 fully saturated rings. The van der Waals surface area contributed by atoms with Crippen molar-refractivity contribution in [1.82, 2.24) is 4.90 Å². The molecule has 25 heavy (non-hydrogen) atoms. The van der Waals surface area contributed by atoms with Gasteiger partial charge >= 0.3 is 11.9 Å². The van der Waals surface area contributed by atoms with Gasteiger partial charge in [0.1, 0.15) is 11.3 Å². The van der Waals surface area contributed by atoms with Gasteiger partial charge in [0.15, 0.2) is 11.6 Å². The summed E-state index contributed by atoms with van der Waals surface area (Å²) >= 11 is 0. The van der Waals surface area contributed by atoms with Crippen LogP contribution in [0.2, 0.25) is 0 Å². The molecular weight excluding hydrogens is 342 g/mol. The highest BCUT2D eigenvalue weighted by Crippen LogP contribution is 2.27. The fourth-order valence-corrected chi connectivity index (χ4v) is 2.35. The highest BCUT2D eigenvalue weighted by molar-refractivity contribution is 6.09. The molecule has 1 aliphatic heterocycles. The number of esters is 1. The van der Waals surface area contributed by atoms with Crippen molar-refractivity contribution in [3.63, 3.8) is 0 Å². The Bertz CT molecular complexity index is 778. The number of aliphatic hydroxyl groups excluding tert-OH is 1. The minimum absolute atomic E-state index is 0.0753. The lowest BCUT2D eigenvalue weighted by molar-refractivity contribution is -0.136. The smallest absolute Gasteiger partial charge is 0.340 e. The second-order valence-electron chi connectivity index (χ2n) is 5.01. The number of benzene rings is 1. The minimum Gasteiger partial charge on any atom is -0.478 e. The number of nitrogens with zero attached hydrogens (tertiary/aromatic N) is 1. The molecule has 0 radical (unpaired) electrons. The molecule has 134 valence electrons. The summed E-state index contributed by atoms with van der Waals surface area (Å²) in [6, 6.07) is 1.62. The number of carbonyl (C=O) groups is 3. The molecule has 0 spiro atoms. The van der Waals surface area contributed by atoms with Crippen molar-refractivity contribution >= 4 is 23.5 Å². The normalized spacial score (nSPS) is 14.1. The van der Waals surface area contributed by atoms with Gasteiger partial charge in [0.2, 0.25) is 0 Å². The van der Waals surface area contributed by atoms with Gasteiger partial charge in [-0.1, -0.05) is 0 Å². The molecule has 1 aliphatic rings. The van der Waals surface area contributed by atoms with Crippen LogP contribution in [0.4, 0.5) is 14.5 Å². The summed E-state index contributed by atoms with van der Waals surface area (Å²) in [6.07, 6.45) is 0. The van der Waals surface area contributed by atoms with Gasteiger partial charge in [-0.3, -0.25) is 4.79 Å². The first-order valence-electron chi connectivity index (χ1n) is 7.01. The van der Waals surface area contributed by atoms with Gasteiger partial charge in [0.25, 0.3) is 5.91 Å². The summed E-state index contributed by atoms with van der Waals surface area (Å²) in [5.74, 6) is -6.29. The number of β-amino-alcohol motifs (C(OH)–C–C–N with tert-alkyl or cyclic N) is 1. The van der Waals surface area contributed by atoms with E-state index in [1.165, 1.54) is 0 Å². The molecule has 10 heteroatoms. The molecule has 0 saturated heterocycles. The summed E-state index contributed by atoms with van der Waals surface area (Å²) in [4.78, 5) is 36.5. The monoisotopic (exact) mass is 356 g/mol. The van der Waals surface area contributed by atoms with Crippen molar-refractivity contribution in [1.29, 1.82) is 0 Å². The number of carboxylic acids is 1. The van der Waals surface area contributed by atoms with Crippen LogP contribution in [0.1, 0.15) is 10.4 Å². The van der Waals surface area contributed by atoms with Crippen molar-refractivity contribution in [3.05, 3.63) is 40.6 Å². The van der Waals surface area contributed by atoms with E-state index in [2.05, 4.69) is 10.1 Å². The van der Waals surface area contributed by atoms with Crippen molar-refractivity contribution in [3.8, 4) is 0 Å². The van der Waals surface area contributed by atoms with E-state index in [0.29, 0.717) is 6.07 Å². The Labute approximate surface area is 140 Å². The Kier molecular flexibility index (Phi) is 5.32. The first-order chi connectivity index (χ1) is 11.8. The number of amides is 1. The van der Waals surface area contributed by atoms with Gasteiger partial charge in [-0.15, -0.1) is 0 Å². The van der Waals surface area contributed by atoms with Crippen LogP contribution in [0.5, 0.6) is 0 Å². The fourth-order valence-electron chi connectivity index (χ4n) is 2.35. The number of halogens is 2. The first-order valence-corrected chi connectivity index (χ1v) is 7.01. The van der Waals surface area contributed by atoms with Crippen LogP contribution in [-0.4, -0.2) is 59.8 Å². The number of anilines is 1. The summed E-state index contributed by atoms with van der Waals surface area (Å²) in [6.45, 7) is -0.617. The fraction of sp³-hybridized carbons (Fsp3) is 0.267. The van der Waals surface area contributed by atoms with Gasteiger partial charge in [0.05, 0.1) is 31.5 Å². The number of carboxylic acid groups (broad SMARTS) is 1. The molecule has 3 N–H and O–H groups in total. The second kappa shape index (κ2) is 7.26. The van der Waals surface area contributed by atoms with Crippen LogP contribution in [-0.2, 0) is 14.3 Å². The van der Waals surface area contributed by atoms with Crippen LogP contribution in [0, 0.1) is 11.6 Å². The highest BCUT2D eigenvalue weighted by atomic mass is 19.2. The average Bonchev–Trinajstić information content (AvgIpc) is 2.87. The molecular formula is C15H14F2N2O6. The van der Waals surface area contributed by atoms with Gasteiger partial charge in [0, 0.05) is 6.54 Å². The standard InChI is InChI=1S/C15H14F2N2O6/c1-25-15(24)7-6-19(4-5-20)13(21)12(7)18-9-3-2-8(16)11(17)10(9)14(22)23/h2-3,18,20H,4-6H2,1H3,(H,22,23). The number of nitrogens with one attached hydrogen (secondary N) is 1. The largest absolute Gasteiger partial charge is 0.478 e. The van der Waals surface area contributed by atoms with Crippen LogP contribution >= 0.6 is 0 Å². The van der Waals surface area contributed by atoms with E-state index in [9.17, 15) is 23.2 Å². The third kappa shape index (κ3) is 3.43. The van der Waals surface area contributed by atoms with E-state index >= 15 is 0 Å². The Morgan fingerprint density at radius 3 is 2.60 bits per heavy atom. The highest BCUT2D eigenvalue weighted by Gasteiger charge is 2.35. The molecule has 0 aromatic heterocycles. The molecule has 0 saturated carbocycles. The zero-order valence-corrected chi connectivity index (χ0v) is 13.0.